The van der Waals surface area contributed by atoms with E-state index in [-0.39, 0.29) is 11.7 Å². The lowest BCUT2D eigenvalue weighted by molar-refractivity contribution is 0.0729. The second-order valence-electron chi connectivity index (χ2n) is 6.31. The molecule has 3 aromatic rings. The monoisotopic (exact) mass is 347 g/mol. The summed E-state index contributed by atoms with van der Waals surface area (Å²) in [4.78, 5) is 18.9. The van der Waals surface area contributed by atoms with Crippen molar-refractivity contribution in [2.75, 3.05) is 11.9 Å². The molecule has 1 aliphatic rings. The van der Waals surface area contributed by atoms with E-state index in [1.807, 2.05) is 17.0 Å². The van der Waals surface area contributed by atoms with Crippen LogP contribution >= 0.6 is 0 Å². The summed E-state index contributed by atoms with van der Waals surface area (Å²) < 4.78 is 13.3. The Bertz CT molecular complexity index is 957. The van der Waals surface area contributed by atoms with E-state index < -0.39 is 0 Å². The fraction of sp³-hybridized carbons (Fsp3) is 0.143. The van der Waals surface area contributed by atoms with Crippen molar-refractivity contribution in [3.05, 3.63) is 89.5 Å². The molecule has 4 rings (SSSR count). The summed E-state index contributed by atoms with van der Waals surface area (Å²) in [6, 6.07) is 17.9. The van der Waals surface area contributed by atoms with Crippen LogP contribution in [0.5, 0.6) is 0 Å². The van der Waals surface area contributed by atoms with E-state index in [2.05, 4.69) is 22.4 Å². The second kappa shape index (κ2) is 6.96. The minimum atomic E-state index is -0.313. The molecular weight excluding hydrogens is 329 g/mol. The highest BCUT2D eigenvalue weighted by Gasteiger charge is 2.22. The summed E-state index contributed by atoms with van der Waals surface area (Å²) in [7, 11) is 0. The van der Waals surface area contributed by atoms with Crippen molar-refractivity contribution in [2.24, 2.45) is 0 Å². The van der Waals surface area contributed by atoms with Crippen LogP contribution in [-0.2, 0) is 13.0 Å². The summed E-state index contributed by atoms with van der Waals surface area (Å²) in [5, 5.41) is 3.11. The lowest BCUT2D eigenvalue weighted by atomic mass is 10.00. The number of nitrogens with zero attached hydrogens (tertiary/aromatic N) is 2. The van der Waals surface area contributed by atoms with Crippen LogP contribution in [0, 0.1) is 5.82 Å². The summed E-state index contributed by atoms with van der Waals surface area (Å²) in [6.45, 7) is 1.28. The molecular formula is C21H18FN3O. The molecule has 2 heterocycles. The van der Waals surface area contributed by atoms with Gasteiger partial charge in [-0.05, 0) is 47.9 Å². The van der Waals surface area contributed by atoms with Crippen LogP contribution in [0.3, 0.4) is 0 Å². The lowest BCUT2D eigenvalue weighted by Gasteiger charge is -2.28. The number of carbonyl (C=O) groups is 1. The maximum Gasteiger partial charge on any atom is 0.272 e. The zero-order valence-electron chi connectivity index (χ0n) is 14.2. The molecule has 5 heteroatoms. The molecule has 2 aromatic carbocycles. The van der Waals surface area contributed by atoms with Gasteiger partial charge in [0.2, 0.25) is 0 Å². The maximum atomic E-state index is 13.3. The molecule has 0 atom stereocenters. The molecule has 0 aliphatic carbocycles. The van der Waals surface area contributed by atoms with E-state index in [1.165, 1.54) is 23.3 Å². The number of anilines is 2. The Kier molecular flexibility index (Phi) is 4.35. The van der Waals surface area contributed by atoms with Gasteiger partial charge in [-0.2, -0.15) is 0 Å². The van der Waals surface area contributed by atoms with Gasteiger partial charge in [-0.15, -0.1) is 0 Å². The van der Waals surface area contributed by atoms with Gasteiger partial charge in [-0.3, -0.25) is 9.78 Å². The molecule has 0 spiro atoms. The highest BCUT2D eigenvalue weighted by molar-refractivity contribution is 5.93. The van der Waals surface area contributed by atoms with E-state index in [0.29, 0.717) is 30.2 Å². The fourth-order valence-electron chi connectivity index (χ4n) is 3.19. The average Bonchev–Trinajstić information content (AvgIpc) is 2.67. The van der Waals surface area contributed by atoms with Gasteiger partial charge < -0.3 is 10.2 Å². The predicted molar refractivity (Wildman–Crippen MR) is 98.8 cm³/mol. The molecule has 130 valence electrons. The van der Waals surface area contributed by atoms with Gasteiger partial charge in [0.25, 0.3) is 5.91 Å². The van der Waals surface area contributed by atoms with Crippen LogP contribution in [0.1, 0.15) is 21.6 Å². The van der Waals surface area contributed by atoms with E-state index in [0.717, 1.165) is 6.42 Å². The van der Waals surface area contributed by atoms with Crippen molar-refractivity contribution in [1.82, 2.24) is 9.88 Å². The first kappa shape index (κ1) is 16.3. The Morgan fingerprint density at radius 1 is 1.00 bits per heavy atom. The van der Waals surface area contributed by atoms with E-state index in [4.69, 9.17) is 0 Å². The van der Waals surface area contributed by atoms with Crippen molar-refractivity contribution in [2.45, 2.75) is 13.0 Å². The van der Waals surface area contributed by atoms with Gasteiger partial charge in [0.1, 0.15) is 11.5 Å². The summed E-state index contributed by atoms with van der Waals surface area (Å²) in [5.74, 6) is -0.408. The molecule has 0 unspecified atom stereocenters. The first-order valence-electron chi connectivity index (χ1n) is 8.54. The molecule has 26 heavy (non-hydrogen) atoms. The van der Waals surface area contributed by atoms with Gasteiger partial charge >= 0.3 is 0 Å². The van der Waals surface area contributed by atoms with Crippen LogP contribution in [-0.4, -0.2) is 22.3 Å². The Morgan fingerprint density at radius 2 is 1.81 bits per heavy atom. The number of carbonyl (C=O) groups excluding carboxylic acids is 1. The Hall–Kier alpha value is -3.21. The first-order valence-corrected chi connectivity index (χ1v) is 8.54. The standard InChI is InChI=1S/C21H18FN3O/c22-17-6-3-7-18(12-17)24-19-8-10-23-20(13-19)21(26)25-11-9-15-4-1-2-5-16(15)14-25/h1-8,10,12-13H,9,11,14H2,(H,23,24). The topological polar surface area (TPSA) is 45.2 Å². The highest BCUT2D eigenvalue weighted by atomic mass is 19.1. The molecule has 1 N–H and O–H groups in total. The zero-order chi connectivity index (χ0) is 17.9. The molecule has 1 amide bonds. The average molecular weight is 347 g/mol. The quantitative estimate of drug-likeness (QED) is 0.774. The molecule has 4 nitrogen and oxygen atoms in total. The third-order valence-electron chi connectivity index (χ3n) is 4.51. The highest BCUT2D eigenvalue weighted by Crippen LogP contribution is 2.22. The number of halogens is 1. The van der Waals surface area contributed by atoms with Gasteiger partial charge in [0.05, 0.1) is 0 Å². The van der Waals surface area contributed by atoms with Crippen LogP contribution in [0.25, 0.3) is 0 Å². The molecule has 1 aromatic heterocycles. The largest absolute Gasteiger partial charge is 0.355 e. The molecule has 0 fully saturated rings. The number of benzene rings is 2. The maximum absolute atomic E-state index is 13.3. The van der Waals surface area contributed by atoms with Crippen LogP contribution in [0.2, 0.25) is 0 Å². The van der Waals surface area contributed by atoms with Crippen molar-refractivity contribution >= 4 is 17.3 Å². The van der Waals surface area contributed by atoms with Crippen molar-refractivity contribution in [1.29, 1.82) is 0 Å². The van der Waals surface area contributed by atoms with E-state index >= 15 is 0 Å². The zero-order valence-corrected chi connectivity index (χ0v) is 14.2. The Labute approximate surface area is 151 Å². The number of fused-ring (bicyclic) bond motifs is 1. The van der Waals surface area contributed by atoms with Gasteiger partial charge in [0, 0.05) is 30.7 Å². The second-order valence-corrected chi connectivity index (χ2v) is 6.31. The van der Waals surface area contributed by atoms with E-state index in [9.17, 15) is 9.18 Å². The molecule has 0 bridgehead atoms. The number of hydrogen-bond donors (Lipinski definition) is 1. The minimum absolute atomic E-state index is 0.0950. The Morgan fingerprint density at radius 3 is 2.65 bits per heavy atom. The third-order valence-corrected chi connectivity index (χ3v) is 4.51. The number of nitrogens with one attached hydrogen (secondary N) is 1. The number of hydrogen-bond acceptors (Lipinski definition) is 3. The summed E-state index contributed by atoms with van der Waals surface area (Å²) in [5.41, 5.74) is 4.19. The minimum Gasteiger partial charge on any atom is -0.355 e. The molecule has 1 aliphatic heterocycles. The van der Waals surface area contributed by atoms with Crippen LogP contribution in [0.4, 0.5) is 15.8 Å². The molecule has 0 radical (unpaired) electrons. The molecule has 0 saturated heterocycles. The fourth-order valence-corrected chi connectivity index (χ4v) is 3.19. The summed E-state index contributed by atoms with van der Waals surface area (Å²) in [6.07, 6.45) is 2.44. The van der Waals surface area contributed by atoms with Crippen molar-refractivity contribution in [3.8, 4) is 0 Å². The van der Waals surface area contributed by atoms with Crippen LogP contribution < -0.4 is 5.32 Å². The predicted octanol–water partition coefficient (Wildman–Crippen LogP) is 4.16. The number of rotatable bonds is 3. The van der Waals surface area contributed by atoms with Gasteiger partial charge in [0.15, 0.2) is 0 Å². The van der Waals surface area contributed by atoms with Gasteiger partial charge in [-0.1, -0.05) is 30.3 Å². The van der Waals surface area contributed by atoms with Crippen molar-refractivity contribution < 1.29 is 9.18 Å². The van der Waals surface area contributed by atoms with Crippen LogP contribution in [0.15, 0.2) is 66.9 Å². The number of aromatic nitrogens is 1. The smallest absolute Gasteiger partial charge is 0.272 e. The third kappa shape index (κ3) is 3.42. The Balaban J connectivity index is 1.52. The van der Waals surface area contributed by atoms with Gasteiger partial charge in [-0.25, -0.2) is 4.39 Å². The number of pyridine rings is 1. The first-order chi connectivity index (χ1) is 12.7. The van der Waals surface area contributed by atoms with Crippen molar-refractivity contribution in [3.63, 3.8) is 0 Å². The number of amides is 1. The van der Waals surface area contributed by atoms with E-state index in [1.54, 1.807) is 30.5 Å². The normalized spacial score (nSPS) is 13.2. The SMILES string of the molecule is O=C(c1cc(Nc2cccc(F)c2)ccn1)N1CCc2ccccc2C1. The summed E-state index contributed by atoms with van der Waals surface area (Å²) >= 11 is 0. The lowest BCUT2D eigenvalue weighted by Crippen LogP contribution is -2.36. The molecule has 0 saturated carbocycles.